The van der Waals surface area contributed by atoms with Crippen molar-refractivity contribution in [3.05, 3.63) is 59.8 Å². The number of hydrogen-bond acceptors (Lipinski definition) is 5. The van der Waals surface area contributed by atoms with E-state index in [9.17, 15) is 17.2 Å². The fraction of sp³-hybridized carbons (Fsp3) is 0.0625. The van der Waals surface area contributed by atoms with Crippen molar-refractivity contribution < 1.29 is 17.2 Å². The fourth-order valence-electron chi connectivity index (χ4n) is 2.42. The first-order valence-corrected chi connectivity index (χ1v) is 9.80. The Bertz CT molecular complexity index is 1100. The predicted octanol–water partition coefficient (Wildman–Crippen LogP) is 2.22. The monoisotopic (exact) mass is 374 g/mol. The highest BCUT2D eigenvalue weighted by atomic mass is 32.2. The number of nitriles is 1. The van der Waals surface area contributed by atoms with Gasteiger partial charge in [0.15, 0.2) is 0 Å². The van der Waals surface area contributed by atoms with E-state index in [-0.39, 0.29) is 10.6 Å². The molecule has 9 heteroatoms. The zero-order valence-corrected chi connectivity index (χ0v) is 14.4. The molecule has 1 heterocycles. The summed E-state index contributed by atoms with van der Waals surface area (Å²) in [5.74, 6) is -0.138. The lowest BCUT2D eigenvalue weighted by atomic mass is 10.2. The molecule has 0 spiro atoms. The van der Waals surface area contributed by atoms with Gasteiger partial charge in [-0.3, -0.25) is 8.93 Å². The Kier molecular flexibility index (Phi) is 4.59. The summed E-state index contributed by atoms with van der Waals surface area (Å²) in [5, 5.41) is 9.24. The number of hydrogen-bond donors (Lipinski definition) is 2. The molecule has 0 aliphatic heterocycles. The van der Waals surface area contributed by atoms with Crippen molar-refractivity contribution in [2.75, 3.05) is 4.72 Å². The molecule has 0 fully saturated rings. The minimum Gasteiger partial charge on any atom is -0.772 e. The topological polar surface area (TPSA) is 126 Å². The van der Waals surface area contributed by atoms with Gasteiger partial charge in [-0.05, 0) is 35.9 Å². The summed E-state index contributed by atoms with van der Waals surface area (Å²) in [4.78, 5) is 2.91. The van der Waals surface area contributed by atoms with Gasteiger partial charge in [-0.25, -0.2) is 8.42 Å². The maximum absolute atomic E-state index is 12.6. The number of aromatic amines is 1. The van der Waals surface area contributed by atoms with E-state index >= 15 is 0 Å². The third-order valence-corrected chi connectivity index (χ3v) is 5.54. The SMILES string of the molecule is N#Cc1ccc(NS(=O)(=O)c2c[nH]c3cc(CS(=O)[O-])ccc23)cc1. The molecular formula is C16H12N3O4S2-. The fourth-order valence-corrected chi connectivity index (χ4v) is 4.11. The van der Waals surface area contributed by atoms with Crippen molar-refractivity contribution in [3.8, 4) is 6.07 Å². The average molecular weight is 374 g/mol. The molecule has 2 N–H and O–H groups in total. The molecule has 25 heavy (non-hydrogen) atoms. The maximum atomic E-state index is 12.6. The first-order valence-electron chi connectivity index (χ1n) is 7.08. The number of nitrogens with one attached hydrogen (secondary N) is 2. The van der Waals surface area contributed by atoms with Crippen molar-refractivity contribution in [2.24, 2.45) is 0 Å². The van der Waals surface area contributed by atoms with Crippen LogP contribution in [0.2, 0.25) is 0 Å². The number of H-pyrrole nitrogens is 1. The summed E-state index contributed by atoms with van der Waals surface area (Å²) in [6.07, 6.45) is 1.36. The number of anilines is 1. The lowest BCUT2D eigenvalue weighted by Crippen LogP contribution is -2.12. The van der Waals surface area contributed by atoms with E-state index in [4.69, 9.17) is 5.26 Å². The zero-order valence-electron chi connectivity index (χ0n) is 12.7. The van der Waals surface area contributed by atoms with Crippen molar-refractivity contribution in [2.45, 2.75) is 10.6 Å². The molecule has 3 aromatic rings. The molecule has 2 aromatic carbocycles. The first-order chi connectivity index (χ1) is 11.9. The third-order valence-electron chi connectivity index (χ3n) is 3.55. The van der Waals surface area contributed by atoms with Gasteiger partial charge >= 0.3 is 0 Å². The first kappa shape index (κ1) is 17.2. The van der Waals surface area contributed by atoms with E-state index in [1.165, 1.54) is 30.5 Å². The Labute approximate surface area is 146 Å². The van der Waals surface area contributed by atoms with Gasteiger partial charge in [-0.1, -0.05) is 23.2 Å². The van der Waals surface area contributed by atoms with Crippen LogP contribution in [-0.2, 0) is 26.9 Å². The van der Waals surface area contributed by atoms with Crippen molar-refractivity contribution in [1.82, 2.24) is 4.98 Å². The van der Waals surface area contributed by atoms with Crippen LogP contribution in [-0.4, -0.2) is 22.2 Å². The number of aromatic nitrogens is 1. The molecule has 3 rings (SSSR count). The Hall–Kier alpha value is -2.67. The maximum Gasteiger partial charge on any atom is 0.264 e. The van der Waals surface area contributed by atoms with Crippen LogP contribution < -0.4 is 4.72 Å². The largest absolute Gasteiger partial charge is 0.772 e. The normalized spacial score (nSPS) is 12.6. The molecule has 0 radical (unpaired) electrons. The highest BCUT2D eigenvalue weighted by Crippen LogP contribution is 2.26. The van der Waals surface area contributed by atoms with Gasteiger partial charge in [0.1, 0.15) is 4.90 Å². The van der Waals surface area contributed by atoms with Crippen LogP contribution in [0.4, 0.5) is 5.69 Å². The van der Waals surface area contributed by atoms with Gasteiger partial charge in [0.05, 0.1) is 11.6 Å². The highest BCUT2D eigenvalue weighted by Gasteiger charge is 2.19. The molecule has 128 valence electrons. The van der Waals surface area contributed by atoms with E-state index in [1.807, 2.05) is 6.07 Å². The summed E-state index contributed by atoms with van der Waals surface area (Å²) in [5.41, 5.74) is 1.86. The Morgan fingerprint density at radius 2 is 1.92 bits per heavy atom. The molecule has 1 atom stereocenters. The van der Waals surface area contributed by atoms with Crippen LogP contribution in [0.3, 0.4) is 0 Å². The van der Waals surface area contributed by atoms with Crippen molar-refractivity contribution in [3.63, 3.8) is 0 Å². The van der Waals surface area contributed by atoms with Crippen molar-refractivity contribution in [1.29, 1.82) is 5.26 Å². The van der Waals surface area contributed by atoms with E-state index < -0.39 is 21.1 Å². The Morgan fingerprint density at radius 1 is 1.20 bits per heavy atom. The standard InChI is InChI=1S/C16H13N3O4S2/c17-8-11-1-4-13(5-2-11)19-25(22,23)16-9-18-15-7-12(10-24(20)21)3-6-14(15)16/h1-7,9,18-19H,10H2,(H,20,21)/p-1. The summed E-state index contributed by atoms with van der Waals surface area (Å²) in [7, 11) is -3.84. The molecule has 0 amide bonds. The molecule has 7 nitrogen and oxygen atoms in total. The minimum absolute atomic E-state index is 0.0571. The third kappa shape index (κ3) is 3.71. The summed E-state index contributed by atoms with van der Waals surface area (Å²) in [6, 6.07) is 12.8. The number of rotatable bonds is 5. The van der Waals surface area contributed by atoms with Crippen LogP contribution in [0, 0.1) is 11.3 Å². The Balaban J connectivity index is 1.93. The average Bonchev–Trinajstić information content (AvgIpc) is 2.98. The molecule has 1 aromatic heterocycles. The molecule has 0 aliphatic rings. The summed E-state index contributed by atoms with van der Waals surface area (Å²) >= 11 is -2.22. The summed E-state index contributed by atoms with van der Waals surface area (Å²) in [6.45, 7) is 0. The van der Waals surface area contributed by atoms with Crippen molar-refractivity contribution >= 4 is 37.7 Å². The van der Waals surface area contributed by atoms with Gasteiger partial charge in [0, 0.05) is 28.5 Å². The van der Waals surface area contributed by atoms with Crippen LogP contribution in [0.5, 0.6) is 0 Å². The second kappa shape index (κ2) is 6.68. The van der Waals surface area contributed by atoms with E-state index in [1.54, 1.807) is 18.2 Å². The van der Waals surface area contributed by atoms with Gasteiger partial charge in [0.25, 0.3) is 10.0 Å². The van der Waals surface area contributed by atoms with Crippen LogP contribution in [0.15, 0.2) is 53.6 Å². The van der Waals surface area contributed by atoms with Crippen LogP contribution in [0.1, 0.15) is 11.1 Å². The van der Waals surface area contributed by atoms with E-state index in [0.29, 0.717) is 27.7 Å². The van der Waals surface area contributed by atoms with Gasteiger partial charge < -0.3 is 9.54 Å². The molecule has 0 saturated heterocycles. The Morgan fingerprint density at radius 3 is 2.56 bits per heavy atom. The van der Waals surface area contributed by atoms with E-state index in [0.717, 1.165) is 0 Å². The molecule has 0 aliphatic carbocycles. The lowest BCUT2D eigenvalue weighted by Gasteiger charge is -2.08. The minimum atomic E-state index is -3.84. The number of sulfonamides is 1. The smallest absolute Gasteiger partial charge is 0.264 e. The number of fused-ring (bicyclic) bond motifs is 1. The van der Waals surface area contributed by atoms with Crippen LogP contribution >= 0.6 is 0 Å². The number of nitrogens with zero attached hydrogens (tertiary/aromatic N) is 1. The molecule has 0 saturated carbocycles. The van der Waals surface area contributed by atoms with Crippen LogP contribution in [0.25, 0.3) is 10.9 Å². The summed E-state index contributed by atoms with van der Waals surface area (Å²) < 4.78 is 49.2. The predicted molar refractivity (Wildman–Crippen MR) is 92.9 cm³/mol. The second-order valence-electron chi connectivity index (χ2n) is 5.28. The molecule has 1 unspecified atom stereocenters. The second-order valence-corrected chi connectivity index (χ2v) is 7.82. The lowest BCUT2D eigenvalue weighted by molar-refractivity contribution is 0.536. The quantitative estimate of drug-likeness (QED) is 0.662. The molecule has 0 bridgehead atoms. The molecular weight excluding hydrogens is 362 g/mol. The highest BCUT2D eigenvalue weighted by molar-refractivity contribution is 7.93. The van der Waals surface area contributed by atoms with Gasteiger partial charge in [-0.15, -0.1) is 0 Å². The zero-order chi connectivity index (χ0) is 18.0. The van der Waals surface area contributed by atoms with Gasteiger partial charge in [-0.2, -0.15) is 5.26 Å². The van der Waals surface area contributed by atoms with Gasteiger partial charge in [0.2, 0.25) is 0 Å². The van der Waals surface area contributed by atoms with E-state index in [2.05, 4.69) is 9.71 Å². The number of benzene rings is 2.